The number of anilines is 1. The molecule has 0 saturated carbocycles. The third kappa shape index (κ3) is 2.60. The number of sulfonamides is 1. The Morgan fingerprint density at radius 2 is 1.77 bits per heavy atom. The van der Waals surface area contributed by atoms with Gasteiger partial charge in [0.1, 0.15) is 0 Å². The van der Waals surface area contributed by atoms with Crippen LogP contribution in [0.3, 0.4) is 0 Å². The van der Waals surface area contributed by atoms with E-state index in [0.717, 1.165) is 21.2 Å². The molecule has 1 amide bonds. The summed E-state index contributed by atoms with van der Waals surface area (Å²) in [5.41, 5.74) is 0.791. The van der Waals surface area contributed by atoms with Crippen LogP contribution in [0, 0.1) is 0 Å². The number of carbonyl (C=O) groups is 1. The van der Waals surface area contributed by atoms with E-state index in [-0.39, 0.29) is 12.5 Å². The first-order valence-corrected chi connectivity index (χ1v) is 8.61. The molecule has 1 unspecified atom stereocenters. The van der Waals surface area contributed by atoms with Crippen molar-refractivity contribution in [3.8, 4) is 0 Å². The van der Waals surface area contributed by atoms with E-state index in [0.29, 0.717) is 5.82 Å². The third-order valence-corrected chi connectivity index (χ3v) is 4.60. The Hall–Kier alpha value is -2.25. The summed E-state index contributed by atoms with van der Waals surface area (Å²) in [6, 6.07) is 14.2. The lowest BCUT2D eigenvalue weighted by atomic mass is 10.00. The van der Waals surface area contributed by atoms with Gasteiger partial charge in [-0.05, 0) is 17.7 Å². The van der Waals surface area contributed by atoms with Gasteiger partial charge in [0.2, 0.25) is 10.0 Å². The highest BCUT2D eigenvalue weighted by molar-refractivity contribution is 7.88. The molecule has 0 spiro atoms. The number of hydrazine groups is 1. The first-order chi connectivity index (χ1) is 10.5. The Balaban J connectivity index is 2.05. The molecule has 1 fully saturated rings. The van der Waals surface area contributed by atoms with Crippen LogP contribution < -0.4 is 5.01 Å². The molecule has 0 bridgehead atoms. The largest absolute Gasteiger partial charge is 0.272 e. The number of amides is 1. The van der Waals surface area contributed by atoms with E-state index in [1.165, 1.54) is 6.20 Å². The summed E-state index contributed by atoms with van der Waals surface area (Å²) in [4.78, 5) is 16.8. The van der Waals surface area contributed by atoms with Crippen LogP contribution in [0.25, 0.3) is 0 Å². The topological polar surface area (TPSA) is 70.6 Å². The summed E-state index contributed by atoms with van der Waals surface area (Å²) in [6.07, 6.45) is 2.61. The quantitative estimate of drug-likeness (QED) is 0.858. The monoisotopic (exact) mass is 317 g/mol. The van der Waals surface area contributed by atoms with Crippen molar-refractivity contribution in [1.82, 2.24) is 9.40 Å². The lowest BCUT2D eigenvalue weighted by Crippen LogP contribution is -2.43. The van der Waals surface area contributed by atoms with Crippen LogP contribution in [0.15, 0.2) is 54.7 Å². The van der Waals surface area contributed by atoms with Gasteiger partial charge in [-0.3, -0.25) is 4.79 Å². The van der Waals surface area contributed by atoms with Crippen LogP contribution in [0.4, 0.5) is 5.82 Å². The van der Waals surface area contributed by atoms with Crippen molar-refractivity contribution in [3.63, 3.8) is 0 Å². The van der Waals surface area contributed by atoms with E-state index >= 15 is 0 Å². The summed E-state index contributed by atoms with van der Waals surface area (Å²) in [7, 11) is -3.58. The molecule has 7 heteroatoms. The molecule has 6 nitrogen and oxygen atoms in total. The van der Waals surface area contributed by atoms with Crippen molar-refractivity contribution >= 4 is 21.7 Å². The molecule has 1 aliphatic rings. The summed E-state index contributed by atoms with van der Waals surface area (Å²) in [5.74, 6) is -0.524. The van der Waals surface area contributed by atoms with Gasteiger partial charge in [0.05, 0.1) is 18.7 Å². The van der Waals surface area contributed by atoms with E-state index in [1.807, 2.05) is 30.3 Å². The van der Waals surface area contributed by atoms with Gasteiger partial charge in [0, 0.05) is 6.20 Å². The predicted molar refractivity (Wildman–Crippen MR) is 82.5 cm³/mol. The summed E-state index contributed by atoms with van der Waals surface area (Å²) in [5, 5.41) is 1.15. The van der Waals surface area contributed by atoms with Crippen LogP contribution in [0.5, 0.6) is 0 Å². The van der Waals surface area contributed by atoms with Gasteiger partial charge in [-0.2, -0.15) is 0 Å². The van der Waals surface area contributed by atoms with Gasteiger partial charge in [-0.15, -0.1) is 4.41 Å². The summed E-state index contributed by atoms with van der Waals surface area (Å²) in [6.45, 7) is 0.0816. The second-order valence-electron chi connectivity index (χ2n) is 5.07. The Morgan fingerprint density at radius 1 is 1.09 bits per heavy atom. The molecule has 3 rings (SSSR count). The molecular weight excluding hydrogens is 302 g/mol. The standard InChI is InChI=1S/C15H15N3O3S/c1-22(20,21)17-11-13(12-7-3-2-4-8-12)15(19)18(17)14-9-5-6-10-16-14/h2-10,13H,11H2,1H3. The predicted octanol–water partition coefficient (Wildman–Crippen LogP) is 1.39. The first-order valence-electron chi connectivity index (χ1n) is 6.76. The number of rotatable bonds is 3. The highest BCUT2D eigenvalue weighted by Gasteiger charge is 2.44. The Morgan fingerprint density at radius 3 is 2.36 bits per heavy atom. The molecule has 2 heterocycles. The Kier molecular flexibility index (Phi) is 3.67. The van der Waals surface area contributed by atoms with E-state index < -0.39 is 15.9 Å². The maximum Gasteiger partial charge on any atom is 0.252 e. The van der Waals surface area contributed by atoms with E-state index in [1.54, 1.807) is 18.2 Å². The van der Waals surface area contributed by atoms with Gasteiger partial charge in [0.15, 0.2) is 5.82 Å². The molecule has 0 radical (unpaired) electrons. The minimum Gasteiger partial charge on any atom is -0.272 e. The molecule has 0 aliphatic carbocycles. The zero-order valence-corrected chi connectivity index (χ0v) is 12.8. The first kappa shape index (κ1) is 14.7. The maximum atomic E-state index is 12.7. The van der Waals surface area contributed by atoms with Gasteiger partial charge in [-0.25, -0.2) is 18.4 Å². The van der Waals surface area contributed by atoms with Gasteiger partial charge >= 0.3 is 0 Å². The lowest BCUT2D eigenvalue weighted by Gasteiger charge is -2.24. The number of aromatic nitrogens is 1. The zero-order valence-electron chi connectivity index (χ0n) is 12.0. The molecule has 22 heavy (non-hydrogen) atoms. The number of hydrogen-bond acceptors (Lipinski definition) is 4. The van der Waals surface area contributed by atoms with Crippen LogP contribution in [-0.4, -0.2) is 36.5 Å². The van der Waals surface area contributed by atoms with Crippen LogP contribution in [-0.2, 0) is 14.8 Å². The fraction of sp³-hybridized carbons (Fsp3) is 0.200. The van der Waals surface area contributed by atoms with Crippen molar-refractivity contribution in [2.45, 2.75) is 5.92 Å². The molecule has 1 saturated heterocycles. The van der Waals surface area contributed by atoms with Crippen molar-refractivity contribution in [3.05, 3.63) is 60.3 Å². The normalized spacial score (nSPS) is 19.6. The Labute approximate surface area is 129 Å². The number of hydrogen-bond donors (Lipinski definition) is 0. The van der Waals surface area contributed by atoms with E-state index in [2.05, 4.69) is 4.98 Å². The molecule has 1 aromatic carbocycles. The van der Waals surface area contributed by atoms with Crippen molar-refractivity contribution < 1.29 is 13.2 Å². The molecular formula is C15H15N3O3S. The second kappa shape index (κ2) is 5.51. The van der Waals surface area contributed by atoms with E-state index in [4.69, 9.17) is 0 Å². The minimum atomic E-state index is -3.58. The fourth-order valence-corrected chi connectivity index (χ4v) is 3.38. The highest BCUT2D eigenvalue weighted by atomic mass is 32.2. The zero-order chi connectivity index (χ0) is 15.7. The third-order valence-electron chi connectivity index (χ3n) is 3.52. The fourth-order valence-electron chi connectivity index (χ4n) is 2.50. The lowest BCUT2D eigenvalue weighted by molar-refractivity contribution is -0.118. The van der Waals surface area contributed by atoms with Crippen molar-refractivity contribution in [2.75, 3.05) is 17.8 Å². The van der Waals surface area contributed by atoms with Crippen LogP contribution >= 0.6 is 0 Å². The van der Waals surface area contributed by atoms with Gasteiger partial charge in [-0.1, -0.05) is 36.4 Å². The molecule has 1 atom stereocenters. The number of benzene rings is 1. The molecule has 1 aliphatic heterocycles. The second-order valence-corrected chi connectivity index (χ2v) is 6.96. The SMILES string of the molecule is CS(=O)(=O)N1CC(c2ccccc2)C(=O)N1c1ccccn1. The van der Waals surface area contributed by atoms with Gasteiger partial charge in [0.25, 0.3) is 5.91 Å². The average molecular weight is 317 g/mol. The summed E-state index contributed by atoms with van der Waals surface area (Å²) < 4.78 is 25.2. The van der Waals surface area contributed by atoms with Gasteiger partial charge < -0.3 is 0 Å². The highest BCUT2D eigenvalue weighted by Crippen LogP contribution is 2.32. The van der Waals surface area contributed by atoms with Crippen LogP contribution in [0.2, 0.25) is 0 Å². The molecule has 1 aromatic heterocycles. The maximum absolute atomic E-state index is 12.7. The smallest absolute Gasteiger partial charge is 0.252 e. The van der Waals surface area contributed by atoms with Crippen molar-refractivity contribution in [2.24, 2.45) is 0 Å². The molecule has 0 N–H and O–H groups in total. The number of nitrogens with zero attached hydrogens (tertiary/aromatic N) is 3. The molecule has 2 aromatic rings. The minimum absolute atomic E-state index is 0.0816. The van der Waals surface area contributed by atoms with Crippen LogP contribution in [0.1, 0.15) is 11.5 Å². The average Bonchev–Trinajstić information content (AvgIpc) is 2.87. The summed E-state index contributed by atoms with van der Waals surface area (Å²) >= 11 is 0. The Bertz CT molecular complexity index is 778. The number of pyridine rings is 1. The number of carbonyl (C=O) groups excluding carboxylic acids is 1. The van der Waals surface area contributed by atoms with E-state index in [9.17, 15) is 13.2 Å². The van der Waals surface area contributed by atoms with Crippen molar-refractivity contribution in [1.29, 1.82) is 0 Å². The molecule has 114 valence electrons.